The lowest BCUT2D eigenvalue weighted by molar-refractivity contribution is -0.143. The summed E-state index contributed by atoms with van der Waals surface area (Å²) in [4.78, 5) is 128. The Kier molecular flexibility index (Phi) is 15.7. The molecule has 6 aliphatic heterocycles. The fourth-order valence-electron chi connectivity index (χ4n) is 15.4. The number of carbonyl (C=O) groups is 8. The molecule has 88 heavy (non-hydrogen) atoms. The van der Waals surface area contributed by atoms with Crippen molar-refractivity contribution in [2.45, 2.75) is 173 Å². The van der Waals surface area contributed by atoms with Crippen LogP contribution in [-0.2, 0) is 29.4 Å². The molecule has 4 saturated heterocycles. The lowest BCUT2D eigenvalue weighted by atomic mass is 9.72. The van der Waals surface area contributed by atoms with E-state index in [4.69, 9.17) is 9.97 Å². The number of benzene rings is 3. The Hall–Kier alpha value is -8.07. The third-order valence-electron chi connectivity index (χ3n) is 20.4. The molecule has 5 aromatic rings. The first-order valence-corrected chi connectivity index (χ1v) is 32.0. The van der Waals surface area contributed by atoms with Crippen LogP contribution in [0, 0.1) is 24.6 Å². The van der Waals surface area contributed by atoms with E-state index in [-0.39, 0.29) is 89.3 Å². The van der Waals surface area contributed by atoms with Gasteiger partial charge in [-0.25, -0.2) is 14.4 Å². The molecule has 2 aromatic heterocycles. The van der Waals surface area contributed by atoms with E-state index in [0.717, 1.165) is 47.6 Å². The minimum atomic E-state index is -1.06. The molecule has 462 valence electrons. The molecular formula is C67H79FN12O8. The number of anilines is 4. The van der Waals surface area contributed by atoms with Gasteiger partial charge in [0, 0.05) is 97.1 Å². The third kappa shape index (κ3) is 10.6. The summed E-state index contributed by atoms with van der Waals surface area (Å²) in [7, 11) is 0. The normalized spacial score (nSPS) is 24.1. The van der Waals surface area contributed by atoms with Crippen LogP contribution in [-0.4, -0.2) is 151 Å². The summed E-state index contributed by atoms with van der Waals surface area (Å²) >= 11 is 0. The number of rotatable bonds is 13. The SMILES string of the molecule is Cc1cc(F)c(Nc2nc(-c3ccc4c(c3)N([C@H]3C[C@@H](N5CCCCC5)C3)C(=O)C43CCN(C(=O)[C@H]4CC[C@H](C(=O)N5CCC(Nc6cccc7c6C(=O)N(C6CCC(=O)NC6=O)C7=O)CC5)CC4)CC3)cc3ncn(C(C)C)c23)cc1C(=O)NC(C)C. The quantitative estimate of drug-likeness (QED) is 0.0811. The molecule has 21 heteroatoms. The van der Waals surface area contributed by atoms with Crippen LogP contribution in [0.1, 0.15) is 172 Å². The van der Waals surface area contributed by atoms with Crippen LogP contribution in [0.4, 0.5) is 27.3 Å². The first kappa shape index (κ1) is 58.9. The van der Waals surface area contributed by atoms with Crippen molar-refractivity contribution >= 4 is 81.2 Å². The maximum atomic E-state index is 16.0. The number of carbonyl (C=O) groups excluding carboxylic acids is 8. The Balaban J connectivity index is 0.676. The number of aromatic nitrogens is 3. The molecular weight excluding hydrogens is 1120 g/mol. The second-order valence-electron chi connectivity index (χ2n) is 26.5. The highest BCUT2D eigenvalue weighted by atomic mass is 19.1. The molecule has 3 aromatic carbocycles. The average molecular weight is 1200 g/mol. The zero-order valence-electron chi connectivity index (χ0n) is 51.0. The highest BCUT2D eigenvalue weighted by Crippen LogP contribution is 2.53. The number of nitrogens with one attached hydrogen (secondary N) is 4. The predicted octanol–water partition coefficient (Wildman–Crippen LogP) is 8.54. The van der Waals surface area contributed by atoms with Gasteiger partial charge in [0.05, 0.1) is 39.8 Å². The number of nitrogens with zero attached hydrogens (tertiary/aromatic N) is 8. The summed E-state index contributed by atoms with van der Waals surface area (Å²) in [5, 5.41) is 11.9. The van der Waals surface area contributed by atoms with Gasteiger partial charge in [-0.3, -0.25) is 48.6 Å². The van der Waals surface area contributed by atoms with E-state index in [0.29, 0.717) is 123 Å². The van der Waals surface area contributed by atoms with Crippen LogP contribution in [0.15, 0.2) is 60.9 Å². The van der Waals surface area contributed by atoms with E-state index < -0.39 is 40.9 Å². The van der Waals surface area contributed by atoms with Crippen LogP contribution in [0.2, 0.25) is 0 Å². The van der Waals surface area contributed by atoms with Gasteiger partial charge in [-0.05, 0) is 179 Å². The molecule has 0 radical (unpaired) electrons. The van der Waals surface area contributed by atoms with Crippen LogP contribution in [0.3, 0.4) is 0 Å². The number of pyridine rings is 1. The summed E-state index contributed by atoms with van der Waals surface area (Å²) in [5.74, 6) is -2.78. The highest BCUT2D eigenvalue weighted by Gasteiger charge is 2.56. The minimum absolute atomic E-state index is 0.00169. The summed E-state index contributed by atoms with van der Waals surface area (Å²) in [6, 6.07) is 15.3. The Labute approximate surface area is 511 Å². The number of fused-ring (bicyclic) bond motifs is 4. The zero-order chi connectivity index (χ0) is 61.4. The molecule has 2 saturated carbocycles. The summed E-state index contributed by atoms with van der Waals surface area (Å²) < 4.78 is 18.0. The van der Waals surface area contributed by atoms with Gasteiger partial charge in [-0.1, -0.05) is 24.6 Å². The number of piperidine rings is 4. The number of imide groups is 2. The van der Waals surface area contributed by atoms with Crippen LogP contribution >= 0.6 is 0 Å². The first-order valence-electron chi connectivity index (χ1n) is 32.0. The predicted molar refractivity (Wildman–Crippen MR) is 329 cm³/mol. The number of halogens is 1. The van der Waals surface area contributed by atoms with Gasteiger partial charge in [-0.2, -0.15) is 0 Å². The number of hydrogen-bond donors (Lipinski definition) is 4. The fourth-order valence-corrected chi connectivity index (χ4v) is 15.4. The first-order chi connectivity index (χ1) is 42.3. The molecule has 8 heterocycles. The Bertz CT molecular complexity index is 3680. The largest absolute Gasteiger partial charge is 0.382 e. The van der Waals surface area contributed by atoms with Crippen LogP contribution in [0.25, 0.3) is 22.3 Å². The zero-order valence-corrected chi connectivity index (χ0v) is 51.0. The van der Waals surface area contributed by atoms with Gasteiger partial charge in [0.25, 0.3) is 17.7 Å². The number of hydrogen-bond acceptors (Lipinski definition) is 13. The van der Waals surface area contributed by atoms with E-state index >= 15 is 9.18 Å². The minimum Gasteiger partial charge on any atom is -0.382 e. The summed E-state index contributed by atoms with van der Waals surface area (Å²) in [6.07, 6.45) is 12.0. The maximum Gasteiger partial charge on any atom is 0.264 e. The van der Waals surface area contributed by atoms with Gasteiger partial charge in [-0.15, -0.1) is 0 Å². The molecule has 1 unspecified atom stereocenters. The summed E-state index contributed by atoms with van der Waals surface area (Å²) in [6.45, 7) is 13.6. The lowest BCUT2D eigenvalue weighted by Gasteiger charge is -2.48. The van der Waals surface area contributed by atoms with Crippen LogP contribution < -0.4 is 26.2 Å². The van der Waals surface area contributed by atoms with E-state index in [1.807, 2.05) is 54.2 Å². The van der Waals surface area contributed by atoms with Gasteiger partial charge >= 0.3 is 0 Å². The van der Waals surface area contributed by atoms with Crippen molar-refractivity contribution in [2.24, 2.45) is 11.8 Å². The maximum absolute atomic E-state index is 16.0. The molecule has 6 fully saturated rings. The molecule has 8 aliphatic rings. The lowest BCUT2D eigenvalue weighted by Crippen LogP contribution is -2.58. The summed E-state index contributed by atoms with van der Waals surface area (Å²) in [5.41, 5.74) is 5.64. The Morgan fingerprint density at radius 1 is 0.739 bits per heavy atom. The van der Waals surface area contributed by atoms with E-state index in [9.17, 15) is 33.6 Å². The molecule has 1 atom stereocenters. The molecule has 2 aliphatic carbocycles. The van der Waals surface area contributed by atoms with Gasteiger partial charge in [0.2, 0.25) is 29.5 Å². The molecule has 1 spiro atoms. The number of aryl methyl sites for hydroxylation is 1. The monoisotopic (exact) mass is 1200 g/mol. The van der Waals surface area contributed by atoms with Gasteiger partial charge < -0.3 is 40.1 Å². The van der Waals surface area contributed by atoms with Gasteiger partial charge in [0.15, 0.2) is 5.82 Å². The van der Waals surface area contributed by atoms with Crippen molar-refractivity contribution in [1.82, 2.24) is 44.8 Å². The molecule has 8 amide bonds. The fraction of sp³-hybridized carbons (Fsp3) is 0.522. The Morgan fingerprint density at radius 2 is 1.43 bits per heavy atom. The number of likely N-dealkylation sites (tertiary alicyclic amines) is 3. The van der Waals surface area contributed by atoms with Crippen molar-refractivity contribution in [3.8, 4) is 11.3 Å². The van der Waals surface area contributed by atoms with E-state index in [1.54, 1.807) is 31.5 Å². The molecule has 4 N–H and O–H groups in total. The van der Waals surface area contributed by atoms with Crippen molar-refractivity contribution < 1.29 is 42.7 Å². The van der Waals surface area contributed by atoms with Gasteiger partial charge in [0.1, 0.15) is 17.4 Å². The van der Waals surface area contributed by atoms with Crippen LogP contribution in [0.5, 0.6) is 0 Å². The number of amides is 8. The van der Waals surface area contributed by atoms with Crippen molar-refractivity contribution in [3.63, 3.8) is 0 Å². The standard InChI is InChI=1S/C67H79FN12O8/c1-37(2)70-60(82)47-34-52(49(68)30-39(47)5)73-59-58-53(69-36-78(58)38(3)4)35-51(72-59)42-16-17-48-55(31-42)79(45-32-44(33-45)75-24-7-6-8-25-75)66(88)67(48)22-28-77(29-23-67)63(85)41-14-12-40(13-15-41)62(84)76-26-20-43(21-27-76)71-50-11-9-10-46-57(50)65(87)80(64(46)86)54-18-19-56(81)74-61(54)83/h9-11,16-17,30-31,34-38,40-41,43-45,54,71H,6-8,12-15,18-29,32-33H2,1-5H3,(H,70,82)(H,72,73)(H,74,81,83)/t40-,41-,44-,45+,54?. The highest BCUT2D eigenvalue weighted by molar-refractivity contribution is 6.25. The molecule has 20 nitrogen and oxygen atoms in total. The van der Waals surface area contributed by atoms with Crippen molar-refractivity contribution in [3.05, 3.63) is 94.6 Å². The topological polar surface area (TPSA) is 232 Å². The number of imidazole rings is 1. The smallest absolute Gasteiger partial charge is 0.264 e. The molecule has 0 bridgehead atoms. The van der Waals surface area contributed by atoms with Crippen molar-refractivity contribution in [2.75, 3.05) is 54.8 Å². The Morgan fingerprint density at radius 3 is 2.10 bits per heavy atom. The second kappa shape index (κ2) is 23.5. The second-order valence-corrected chi connectivity index (χ2v) is 26.5. The van der Waals surface area contributed by atoms with E-state index in [1.165, 1.54) is 31.4 Å². The average Bonchev–Trinajstić information content (AvgIpc) is 1.57. The van der Waals surface area contributed by atoms with Crippen molar-refractivity contribution in [1.29, 1.82) is 0 Å². The third-order valence-corrected chi connectivity index (χ3v) is 20.4. The molecule has 13 rings (SSSR count). The van der Waals surface area contributed by atoms with E-state index in [2.05, 4.69) is 43.2 Å².